The number of aliphatic carboxylic acids is 1. The highest BCUT2D eigenvalue weighted by Gasteiger charge is 2.27. The van der Waals surface area contributed by atoms with E-state index in [0.717, 1.165) is 88.3 Å². The zero-order chi connectivity index (χ0) is 41.8. The quantitative estimate of drug-likeness (QED) is 0.133. The number of hydrogen-bond acceptors (Lipinski definition) is 7. The maximum absolute atomic E-state index is 12.0. The summed E-state index contributed by atoms with van der Waals surface area (Å²) < 4.78 is 18.1. The van der Waals surface area contributed by atoms with Gasteiger partial charge in [-0.25, -0.2) is 0 Å². The molecule has 4 aromatic carbocycles. The summed E-state index contributed by atoms with van der Waals surface area (Å²) in [5.41, 5.74) is 2.61. The molecule has 0 atom stereocenters. The third-order valence-corrected chi connectivity index (χ3v) is 14.1. The summed E-state index contributed by atoms with van der Waals surface area (Å²) in [5.74, 6) is 3.03. The molecule has 4 aromatic rings. The lowest BCUT2D eigenvalue weighted by Crippen LogP contribution is -2.36. The van der Waals surface area contributed by atoms with Gasteiger partial charge < -0.3 is 19.3 Å². The SMILES string of the molecule is CCC1CCC(Oc2cccc3cc(CN4CCC(C(=O)O)CC4)ccc23)CC1.CCOC(=O)C1CCN(Cc2ccc3c(OC4CCC(CC)CC4)cccc3c2)CC1. The van der Waals surface area contributed by atoms with Crippen molar-refractivity contribution in [3.05, 3.63) is 83.9 Å². The molecule has 2 aliphatic heterocycles. The van der Waals surface area contributed by atoms with Gasteiger partial charge >= 0.3 is 11.9 Å². The summed E-state index contributed by atoms with van der Waals surface area (Å²) in [4.78, 5) is 27.9. The Labute approximate surface area is 358 Å². The molecule has 324 valence electrons. The maximum Gasteiger partial charge on any atom is 0.309 e. The van der Waals surface area contributed by atoms with E-state index in [1.165, 1.54) is 96.9 Å². The molecule has 2 heterocycles. The monoisotopic (exact) mass is 819 g/mol. The molecule has 0 bridgehead atoms. The van der Waals surface area contributed by atoms with Crippen LogP contribution in [0.5, 0.6) is 11.5 Å². The third kappa shape index (κ3) is 11.8. The first-order valence-corrected chi connectivity index (χ1v) is 23.5. The molecule has 0 spiro atoms. The smallest absolute Gasteiger partial charge is 0.309 e. The van der Waals surface area contributed by atoms with Crippen molar-refractivity contribution >= 4 is 33.5 Å². The second-order valence-corrected chi connectivity index (χ2v) is 18.2. The number of piperidine rings is 2. The van der Waals surface area contributed by atoms with Gasteiger partial charge in [0.2, 0.25) is 0 Å². The van der Waals surface area contributed by atoms with E-state index in [0.29, 0.717) is 18.8 Å². The number of ether oxygens (including phenoxy) is 3. The minimum atomic E-state index is -0.647. The molecule has 0 unspecified atom stereocenters. The zero-order valence-corrected chi connectivity index (χ0v) is 36.6. The molecular formula is C52H70N2O6. The normalized spacial score (nSPS) is 23.4. The van der Waals surface area contributed by atoms with Crippen molar-refractivity contribution < 1.29 is 28.9 Å². The van der Waals surface area contributed by atoms with Crippen LogP contribution in [0.4, 0.5) is 0 Å². The minimum absolute atomic E-state index is 0.0245. The van der Waals surface area contributed by atoms with Crippen molar-refractivity contribution in [2.24, 2.45) is 23.7 Å². The predicted molar refractivity (Wildman–Crippen MR) is 241 cm³/mol. The first-order chi connectivity index (χ1) is 29.3. The van der Waals surface area contributed by atoms with Crippen LogP contribution in [0.25, 0.3) is 21.5 Å². The minimum Gasteiger partial charge on any atom is -0.490 e. The first-order valence-electron chi connectivity index (χ1n) is 23.5. The summed E-state index contributed by atoms with van der Waals surface area (Å²) in [6.07, 6.45) is 16.4. The molecule has 60 heavy (non-hydrogen) atoms. The zero-order valence-electron chi connectivity index (χ0n) is 36.6. The molecule has 2 saturated heterocycles. The van der Waals surface area contributed by atoms with Crippen LogP contribution in [0, 0.1) is 23.7 Å². The number of fused-ring (bicyclic) bond motifs is 2. The van der Waals surface area contributed by atoms with E-state index in [9.17, 15) is 14.7 Å². The number of carbonyl (C=O) groups is 2. The standard InChI is InChI=1S/C27H37NO3.C25H33NO3/c1-3-20-8-11-24(12-9-20)31-26-7-5-6-23-18-21(10-13-25(23)26)19-28-16-14-22(15-17-28)27(29)30-4-2;1-2-18-6-9-22(10-7-18)29-24-5-3-4-21-16-19(8-11-23(21)24)17-26-14-12-20(13-15-26)25(27)28/h5-7,10,13,18,20,22,24H,3-4,8-9,11-12,14-17,19H2,1-2H3;3-5,8,11,16,18,20,22H,2,6-7,9-10,12-15,17H2,1H3,(H,27,28). The average molecular weight is 819 g/mol. The number of nitrogens with zero attached hydrogens (tertiary/aromatic N) is 2. The molecule has 8 heteroatoms. The fraction of sp³-hybridized carbons (Fsp3) is 0.577. The highest BCUT2D eigenvalue weighted by atomic mass is 16.5. The molecule has 0 radical (unpaired) electrons. The third-order valence-electron chi connectivity index (χ3n) is 14.1. The molecule has 8 rings (SSSR count). The highest BCUT2D eigenvalue weighted by molar-refractivity contribution is 5.89. The van der Waals surface area contributed by atoms with Gasteiger partial charge in [-0.2, -0.15) is 0 Å². The van der Waals surface area contributed by atoms with Crippen molar-refractivity contribution in [3.63, 3.8) is 0 Å². The summed E-state index contributed by atoms with van der Waals surface area (Å²) in [6.45, 7) is 12.4. The van der Waals surface area contributed by atoms with E-state index in [2.05, 4.69) is 96.4 Å². The van der Waals surface area contributed by atoms with Gasteiger partial charge in [0.1, 0.15) is 11.5 Å². The van der Waals surface area contributed by atoms with Crippen LogP contribution in [-0.2, 0) is 27.4 Å². The Balaban J connectivity index is 0.000000182. The van der Waals surface area contributed by atoms with Gasteiger partial charge in [0, 0.05) is 23.9 Å². The Morgan fingerprint density at radius 3 is 1.40 bits per heavy atom. The van der Waals surface area contributed by atoms with Crippen LogP contribution < -0.4 is 9.47 Å². The highest BCUT2D eigenvalue weighted by Crippen LogP contribution is 2.35. The molecule has 0 aromatic heterocycles. The summed E-state index contributed by atoms with van der Waals surface area (Å²) in [6, 6.07) is 26.2. The van der Waals surface area contributed by atoms with Crippen molar-refractivity contribution in [3.8, 4) is 11.5 Å². The van der Waals surface area contributed by atoms with Crippen molar-refractivity contribution in [2.45, 2.75) is 136 Å². The maximum atomic E-state index is 12.0. The molecule has 1 N–H and O–H groups in total. The Bertz CT molecular complexity index is 1980. The Hall–Kier alpha value is -4.14. The Morgan fingerprint density at radius 2 is 1.00 bits per heavy atom. The van der Waals surface area contributed by atoms with Crippen LogP contribution in [0.2, 0.25) is 0 Å². The Kier molecular flexibility index (Phi) is 15.8. The van der Waals surface area contributed by atoms with Crippen molar-refractivity contribution in [1.82, 2.24) is 9.80 Å². The number of carbonyl (C=O) groups excluding carboxylic acids is 1. The van der Waals surface area contributed by atoms with Crippen LogP contribution in [0.1, 0.15) is 122 Å². The fourth-order valence-electron chi connectivity index (χ4n) is 10.1. The topological polar surface area (TPSA) is 88.5 Å². The largest absolute Gasteiger partial charge is 0.490 e. The van der Waals surface area contributed by atoms with Gasteiger partial charge in [-0.1, -0.05) is 75.2 Å². The molecule has 4 aliphatic rings. The lowest BCUT2D eigenvalue weighted by molar-refractivity contribution is -0.149. The number of benzene rings is 4. The number of rotatable bonds is 13. The number of hydrogen-bond donors (Lipinski definition) is 1. The van der Waals surface area contributed by atoms with E-state index in [1.807, 2.05) is 6.92 Å². The van der Waals surface area contributed by atoms with Crippen LogP contribution in [0.15, 0.2) is 72.8 Å². The first kappa shape index (κ1) is 43.9. The molecule has 0 amide bonds. The Morgan fingerprint density at radius 1 is 0.567 bits per heavy atom. The van der Waals surface area contributed by atoms with Crippen molar-refractivity contribution in [1.29, 1.82) is 0 Å². The average Bonchev–Trinajstić information content (AvgIpc) is 3.28. The van der Waals surface area contributed by atoms with Crippen LogP contribution >= 0.6 is 0 Å². The number of carboxylic acid groups (broad SMARTS) is 1. The van der Waals surface area contributed by atoms with Crippen molar-refractivity contribution in [2.75, 3.05) is 32.8 Å². The lowest BCUT2D eigenvalue weighted by atomic mass is 9.86. The van der Waals surface area contributed by atoms with Crippen LogP contribution in [0.3, 0.4) is 0 Å². The van der Waals surface area contributed by atoms with E-state index in [4.69, 9.17) is 14.2 Å². The summed E-state index contributed by atoms with van der Waals surface area (Å²) in [5, 5.41) is 14.1. The molecule has 2 aliphatic carbocycles. The number of esters is 1. The van der Waals surface area contributed by atoms with E-state index in [-0.39, 0.29) is 17.8 Å². The number of carboxylic acids is 1. The van der Waals surface area contributed by atoms with Gasteiger partial charge in [0.25, 0.3) is 0 Å². The van der Waals surface area contributed by atoms with E-state index in [1.54, 1.807) is 0 Å². The fourth-order valence-corrected chi connectivity index (χ4v) is 10.1. The van der Waals surface area contributed by atoms with Gasteiger partial charge in [0.05, 0.1) is 30.7 Å². The van der Waals surface area contributed by atoms with Gasteiger partial charge in [0.15, 0.2) is 0 Å². The van der Waals surface area contributed by atoms with Crippen LogP contribution in [-0.4, -0.2) is 71.8 Å². The lowest BCUT2D eigenvalue weighted by Gasteiger charge is -2.31. The molecule has 4 fully saturated rings. The van der Waals surface area contributed by atoms with Gasteiger partial charge in [-0.3, -0.25) is 19.4 Å². The second kappa shape index (κ2) is 21.6. The van der Waals surface area contributed by atoms with Gasteiger partial charge in [-0.05, 0) is 168 Å². The number of likely N-dealkylation sites (tertiary alicyclic amines) is 2. The molecule has 2 saturated carbocycles. The second-order valence-electron chi connectivity index (χ2n) is 18.2. The van der Waals surface area contributed by atoms with Gasteiger partial charge in [-0.15, -0.1) is 0 Å². The van der Waals surface area contributed by atoms with E-state index >= 15 is 0 Å². The molecule has 8 nitrogen and oxygen atoms in total. The summed E-state index contributed by atoms with van der Waals surface area (Å²) >= 11 is 0. The molecular weight excluding hydrogens is 749 g/mol. The summed E-state index contributed by atoms with van der Waals surface area (Å²) in [7, 11) is 0. The van der Waals surface area contributed by atoms with E-state index < -0.39 is 5.97 Å². The predicted octanol–water partition coefficient (Wildman–Crippen LogP) is 11.4.